The number of sulfonamides is 1. The molecule has 1 saturated heterocycles. The average Bonchev–Trinajstić information content (AvgIpc) is 3.16. The third-order valence-electron chi connectivity index (χ3n) is 6.33. The van der Waals surface area contributed by atoms with Crippen LogP contribution in [0.2, 0.25) is 0 Å². The topological polar surface area (TPSA) is 55.8 Å². The Kier molecular flexibility index (Phi) is 6.17. The van der Waals surface area contributed by atoms with Crippen molar-refractivity contribution >= 4 is 10.0 Å². The van der Waals surface area contributed by atoms with E-state index in [1.165, 1.54) is 0 Å². The first-order valence-corrected chi connectivity index (χ1v) is 11.9. The van der Waals surface area contributed by atoms with Gasteiger partial charge >= 0.3 is 0 Å². The Bertz CT molecular complexity index is 1100. The minimum atomic E-state index is -3.61. The summed E-state index contributed by atoms with van der Waals surface area (Å²) in [5.74, 6) is 0. The average molecular weight is 440 g/mol. The highest BCUT2D eigenvalue weighted by Gasteiger charge is 2.49. The van der Waals surface area contributed by atoms with Crippen LogP contribution in [0, 0.1) is 6.92 Å². The van der Waals surface area contributed by atoms with Crippen molar-refractivity contribution in [2.45, 2.75) is 23.7 Å². The summed E-state index contributed by atoms with van der Waals surface area (Å²) in [6.07, 6.45) is 2.86. The molecule has 5 nitrogen and oxygen atoms in total. The highest BCUT2D eigenvalue weighted by Crippen LogP contribution is 2.48. The third-order valence-corrected chi connectivity index (χ3v) is 8.13. The van der Waals surface area contributed by atoms with E-state index in [-0.39, 0.29) is 0 Å². The van der Waals surface area contributed by atoms with E-state index in [0.29, 0.717) is 31.2 Å². The van der Waals surface area contributed by atoms with Gasteiger partial charge in [-0.05, 0) is 47.8 Å². The highest BCUT2D eigenvalue weighted by molar-refractivity contribution is 7.89. The fourth-order valence-corrected chi connectivity index (χ4v) is 6.20. The first-order valence-electron chi connectivity index (χ1n) is 10.4. The summed E-state index contributed by atoms with van der Waals surface area (Å²) >= 11 is 0. The minimum Gasteiger partial charge on any atom is -0.380 e. The van der Waals surface area contributed by atoms with Gasteiger partial charge in [0.25, 0.3) is 0 Å². The number of rotatable bonds is 7. The molecule has 1 heterocycles. The van der Waals surface area contributed by atoms with Crippen molar-refractivity contribution in [3.8, 4) is 0 Å². The van der Waals surface area contributed by atoms with Crippen molar-refractivity contribution < 1.29 is 17.9 Å². The predicted molar refractivity (Wildman–Crippen MR) is 122 cm³/mol. The van der Waals surface area contributed by atoms with Gasteiger partial charge in [-0.15, -0.1) is 0 Å². The van der Waals surface area contributed by atoms with Crippen LogP contribution in [0.1, 0.15) is 17.5 Å². The zero-order valence-corrected chi connectivity index (χ0v) is 19.1. The molecule has 0 amide bonds. The SMILES string of the molecule is COCC1=C(COC)C[C@]2(c3ccccc3)CN(S(=O)(=O)c3ccc(C)cc3)CC2=C1. The number of ether oxygens (including phenoxy) is 2. The molecular formula is C25H29NO4S. The van der Waals surface area contributed by atoms with Crippen LogP contribution in [-0.4, -0.2) is 53.2 Å². The van der Waals surface area contributed by atoms with E-state index in [9.17, 15) is 8.42 Å². The molecule has 2 aromatic rings. The number of fused-ring (bicyclic) bond motifs is 1. The quantitative estimate of drug-likeness (QED) is 0.658. The zero-order chi connectivity index (χ0) is 22.1. The van der Waals surface area contributed by atoms with E-state index in [0.717, 1.165) is 34.3 Å². The summed E-state index contributed by atoms with van der Waals surface area (Å²) in [4.78, 5) is 0.336. The van der Waals surface area contributed by atoms with Gasteiger partial charge < -0.3 is 9.47 Å². The number of hydrogen-bond acceptors (Lipinski definition) is 4. The van der Waals surface area contributed by atoms with Gasteiger partial charge in [-0.3, -0.25) is 0 Å². The molecule has 1 atom stereocenters. The Hall–Kier alpha value is -2.25. The van der Waals surface area contributed by atoms with E-state index >= 15 is 0 Å². The Morgan fingerprint density at radius 2 is 1.65 bits per heavy atom. The molecule has 2 aliphatic rings. The van der Waals surface area contributed by atoms with Gasteiger partial charge in [-0.2, -0.15) is 4.31 Å². The van der Waals surface area contributed by atoms with Crippen molar-refractivity contribution in [2.24, 2.45) is 0 Å². The van der Waals surface area contributed by atoms with Crippen LogP contribution in [0.25, 0.3) is 0 Å². The van der Waals surface area contributed by atoms with Crippen molar-refractivity contribution in [3.05, 3.63) is 88.5 Å². The summed E-state index contributed by atoms with van der Waals surface area (Å²) in [6, 6.07) is 17.3. The maximum atomic E-state index is 13.5. The van der Waals surface area contributed by atoms with Crippen LogP contribution in [0.3, 0.4) is 0 Å². The molecule has 1 fully saturated rings. The van der Waals surface area contributed by atoms with Crippen LogP contribution in [0.5, 0.6) is 0 Å². The van der Waals surface area contributed by atoms with E-state index in [2.05, 4.69) is 18.2 Å². The normalized spacial score (nSPS) is 21.8. The van der Waals surface area contributed by atoms with Gasteiger partial charge in [0.1, 0.15) is 0 Å². The van der Waals surface area contributed by atoms with Gasteiger partial charge in [0.15, 0.2) is 0 Å². The first kappa shape index (κ1) is 22.0. The monoisotopic (exact) mass is 439 g/mol. The van der Waals surface area contributed by atoms with Gasteiger partial charge in [-0.1, -0.05) is 54.1 Å². The van der Waals surface area contributed by atoms with E-state index in [4.69, 9.17) is 9.47 Å². The van der Waals surface area contributed by atoms with Crippen molar-refractivity contribution in [1.82, 2.24) is 4.31 Å². The Morgan fingerprint density at radius 1 is 0.968 bits per heavy atom. The first-order chi connectivity index (χ1) is 14.9. The summed E-state index contributed by atoms with van der Waals surface area (Å²) in [5.41, 5.74) is 5.13. The lowest BCUT2D eigenvalue weighted by Gasteiger charge is -2.36. The summed E-state index contributed by atoms with van der Waals surface area (Å²) in [5, 5.41) is 0. The molecule has 0 spiro atoms. The van der Waals surface area contributed by atoms with Crippen LogP contribution >= 0.6 is 0 Å². The van der Waals surface area contributed by atoms with Crippen molar-refractivity contribution in [3.63, 3.8) is 0 Å². The predicted octanol–water partition coefficient (Wildman–Crippen LogP) is 3.86. The molecule has 164 valence electrons. The van der Waals surface area contributed by atoms with Crippen LogP contribution < -0.4 is 0 Å². The van der Waals surface area contributed by atoms with Gasteiger partial charge in [0.05, 0.1) is 18.1 Å². The van der Waals surface area contributed by atoms with E-state index in [1.54, 1.807) is 30.7 Å². The molecule has 1 aliphatic heterocycles. The fraction of sp³-hybridized carbons (Fsp3) is 0.360. The minimum absolute atomic E-state index is 0.336. The molecule has 0 aromatic heterocycles. The molecule has 0 bridgehead atoms. The number of benzene rings is 2. The number of nitrogens with zero attached hydrogens (tertiary/aromatic N) is 1. The molecule has 2 aromatic carbocycles. The smallest absolute Gasteiger partial charge is 0.243 e. The third kappa shape index (κ3) is 4.01. The second-order valence-electron chi connectivity index (χ2n) is 8.38. The molecule has 0 radical (unpaired) electrons. The second kappa shape index (κ2) is 8.71. The maximum absolute atomic E-state index is 13.5. The molecule has 31 heavy (non-hydrogen) atoms. The Labute approximate surface area is 185 Å². The van der Waals surface area contributed by atoms with Gasteiger partial charge in [0, 0.05) is 32.7 Å². The number of hydrogen-bond donors (Lipinski definition) is 0. The number of aryl methyl sites for hydroxylation is 1. The lowest BCUT2D eigenvalue weighted by molar-refractivity contribution is 0.206. The zero-order valence-electron chi connectivity index (χ0n) is 18.3. The Balaban J connectivity index is 1.79. The lowest BCUT2D eigenvalue weighted by Crippen LogP contribution is -2.37. The van der Waals surface area contributed by atoms with E-state index in [1.807, 2.05) is 37.3 Å². The molecule has 0 unspecified atom stereocenters. The molecule has 0 saturated carbocycles. The molecule has 1 aliphatic carbocycles. The van der Waals surface area contributed by atoms with Crippen LogP contribution in [0.4, 0.5) is 0 Å². The van der Waals surface area contributed by atoms with Gasteiger partial charge in [0.2, 0.25) is 10.0 Å². The summed E-state index contributed by atoms with van der Waals surface area (Å²) < 4.78 is 39.6. The second-order valence-corrected chi connectivity index (χ2v) is 10.3. The molecule has 0 N–H and O–H groups in total. The largest absolute Gasteiger partial charge is 0.380 e. The highest BCUT2D eigenvalue weighted by atomic mass is 32.2. The molecule has 4 rings (SSSR count). The van der Waals surface area contributed by atoms with Crippen molar-refractivity contribution in [1.29, 1.82) is 0 Å². The maximum Gasteiger partial charge on any atom is 0.243 e. The Morgan fingerprint density at radius 3 is 2.29 bits per heavy atom. The van der Waals surface area contributed by atoms with Gasteiger partial charge in [-0.25, -0.2) is 8.42 Å². The number of methoxy groups -OCH3 is 2. The van der Waals surface area contributed by atoms with Crippen LogP contribution in [-0.2, 0) is 24.9 Å². The summed E-state index contributed by atoms with van der Waals surface area (Å²) in [7, 11) is -0.240. The summed E-state index contributed by atoms with van der Waals surface area (Å²) in [6.45, 7) is 3.72. The molecular weight excluding hydrogens is 410 g/mol. The van der Waals surface area contributed by atoms with Crippen molar-refractivity contribution in [2.75, 3.05) is 40.5 Å². The lowest BCUT2D eigenvalue weighted by atomic mass is 9.68. The standard InChI is InChI=1S/C25H29NO4S/c1-19-9-11-24(12-10-19)31(27,28)26-15-23-13-20(16-29-2)21(17-30-3)14-25(23,18-26)22-7-5-4-6-8-22/h4-13H,14-18H2,1-3H3/t25-/m1/s1. The van der Waals surface area contributed by atoms with Crippen LogP contribution in [0.15, 0.2) is 82.3 Å². The fourth-order valence-electron chi connectivity index (χ4n) is 4.73. The molecule has 6 heteroatoms. The van der Waals surface area contributed by atoms with E-state index < -0.39 is 15.4 Å².